The number of carbonyl (C=O) groups excluding carboxylic acids is 1. The van der Waals surface area contributed by atoms with E-state index in [1.54, 1.807) is 23.0 Å². The van der Waals surface area contributed by atoms with Gasteiger partial charge in [-0.05, 0) is 62.4 Å². The first-order valence-electron chi connectivity index (χ1n) is 8.75. The molecular formula is C21H23FN4O. The normalized spacial score (nSPS) is 11.9. The monoisotopic (exact) mass is 366 g/mol. The van der Waals surface area contributed by atoms with Crippen LogP contribution in [0.4, 0.5) is 10.1 Å². The quantitative estimate of drug-likeness (QED) is 0.746. The van der Waals surface area contributed by atoms with Crippen LogP contribution in [0.1, 0.15) is 34.6 Å². The summed E-state index contributed by atoms with van der Waals surface area (Å²) in [6.07, 6.45) is 1.73. The molecule has 0 unspecified atom stereocenters. The first-order chi connectivity index (χ1) is 12.9. The summed E-state index contributed by atoms with van der Waals surface area (Å²) in [5.41, 5.74) is 4.24. The minimum atomic E-state index is -0.287. The van der Waals surface area contributed by atoms with E-state index in [-0.39, 0.29) is 17.8 Å². The van der Waals surface area contributed by atoms with Gasteiger partial charge in [-0.15, -0.1) is 0 Å². The van der Waals surface area contributed by atoms with E-state index in [4.69, 9.17) is 0 Å². The van der Waals surface area contributed by atoms with Crippen LogP contribution < -0.4 is 10.2 Å². The van der Waals surface area contributed by atoms with Gasteiger partial charge in [0, 0.05) is 36.6 Å². The summed E-state index contributed by atoms with van der Waals surface area (Å²) in [6, 6.07) is 13.4. The minimum absolute atomic E-state index is 0.137. The first-order valence-corrected chi connectivity index (χ1v) is 8.75. The van der Waals surface area contributed by atoms with E-state index >= 15 is 0 Å². The lowest BCUT2D eigenvalue weighted by Crippen LogP contribution is -2.27. The summed E-state index contributed by atoms with van der Waals surface area (Å²) >= 11 is 0. The van der Waals surface area contributed by atoms with Crippen LogP contribution in [0, 0.1) is 12.7 Å². The van der Waals surface area contributed by atoms with E-state index in [0.717, 1.165) is 22.6 Å². The molecule has 140 valence electrons. The maximum absolute atomic E-state index is 13.1. The van der Waals surface area contributed by atoms with Crippen molar-refractivity contribution in [2.24, 2.45) is 0 Å². The minimum Gasteiger partial charge on any atom is -0.378 e. The van der Waals surface area contributed by atoms with Gasteiger partial charge in [-0.25, -0.2) is 9.07 Å². The third-order valence-corrected chi connectivity index (χ3v) is 4.58. The van der Waals surface area contributed by atoms with Crippen molar-refractivity contribution >= 4 is 11.6 Å². The molecule has 6 heteroatoms. The van der Waals surface area contributed by atoms with E-state index in [2.05, 4.69) is 10.4 Å². The van der Waals surface area contributed by atoms with Crippen molar-refractivity contribution in [2.75, 3.05) is 19.0 Å². The molecule has 1 heterocycles. The molecule has 2 aromatic carbocycles. The fourth-order valence-electron chi connectivity index (χ4n) is 2.96. The Labute approximate surface area is 158 Å². The van der Waals surface area contributed by atoms with Crippen molar-refractivity contribution in [1.29, 1.82) is 0 Å². The fourth-order valence-corrected chi connectivity index (χ4v) is 2.96. The van der Waals surface area contributed by atoms with Gasteiger partial charge in [0.15, 0.2) is 0 Å². The molecule has 0 saturated heterocycles. The highest BCUT2D eigenvalue weighted by Gasteiger charge is 2.17. The number of rotatable bonds is 5. The number of hydrogen-bond donors (Lipinski definition) is 1. The van der Waals surface area contributed by atoms with Gasteiger partial charge < -0.3 is 10.2 Å². The van der Waals surface area contributed by atoms with Gasteiger partial charge in [-0.1, -0.05) is 0 Å². The maximum atomic E-state index is 13.1. The molecule has 0 aliphatic carbocycles. The van der Waals surface area contributed by atoms with E-state index in [0.29, 0.717) is 5.56 Å². The second kappa shape index (κ2) is 7.61. The molecule has 1 atom stereocenters. The SMILES string of the molecule is Cc1c([C@@H](C)NC(=O)c2ccc(N(C)C)cc2)cnn1-c1ccc(F)cc1. The highest BCUT2D eigenvalue weighted by molar-refractivity contribution is 5.94. The van der Waals surface area contributed by atoms with Crippen molar-refractivity contribution in [3.05, 3.63) is 77.4 Å². The van der Waals surface area contributed by atoms with Crippen molar-refractivity contribution in [2.45, 2.75) is 19.9 Å². The van der Waals surface area contributed by atoms with Crippen molar-refractivity contribution in [3.63, 3.8) is 0 Å². The first kappa shape index (κ1) is 18.6. The van der Waals surface area contributed by atoms with Gasteiger partial charge in [0.05, 0.1) is 17.9 Å². The van der Waals surface area contributed by atoms with Crippen molar-refractivity contribution < 1.29 is 9.18 Å². The van der Waals surface area contributed by atoms with Gasteiger partial charge in [0.25, 0.3) is 5.91 Å². The highest BCUT2D eigenvalue weighted by atomic mass is 19.1. The van der Waals surface area contributed by atoms with Crippen molar-refractivity contribution in [1.82, 2.24) is 15.1 Å². The van der Waals surface area contributed by atoms with Crippen molar-refractivity contribution in [3.8, 4) is 5.69 Å². The van der Waals surface area contributed by atoms with Crippen LogP contribution >= 0.6 is 0 Å². The summed E-state index contributed by atoms with van der Waals surface area (Å²) in [7, 11) is 3.91. The van der Waals surface area contributed by atoms with Crippen LogP contribution in [0.5, 0.6) is 0 Å². The number of anilines is 1. The number of carbonyl (C=O) groups is 1. The topological polar surface area (TPSA) is 50.2 Å². The van der Waals surface area contributed by atoms with Gasteiger partial charge in [-0.3, -0.25) is 4.79 Å². The van der Waals surface area contributed by atoms with Crippen LogP contribution in [-0.4, -0.2) is 29.8 Å². The lowest BCUT2D eigenvalue weighted by atomic mass is 10.1. The molecule has 27 heavy (non-hydrogen) atoms. The largest absolute Gasteiger partial charge is 0.378 e. The zero-order valence-electron chi connectivity index (χ0n) is 15.9. The van der Waals surface area contributed by atoms with E-state index < -0.39 is 0 Å². The lowest BCUT2D eigenvalue weighted by molar-refractivity contribution is 0.0940. The summed E-state index contributed by atoms with van der Waals surface area (Å²) in [5.74, 6) is -0.425. The molecule has 1 N–H and O–H groups in total. The zero-order chi connectivity index (χ0) is 19.6. The van der Waals surface area contributed by atoms with Gasteiger partial charge >= 0.3 is 0 Å². The van der Waals surface area contributed by atoms with Crippen LogP contribution in [0.15, 0.2) is 54.7 Å². The number of amides is 1. The molecule has 3 aromatic rings. The molecule has 0 saturated carbocycles. The van der Waals surface area contributed by atoms with E-state index in [1.165, 1.54) is 12.1 Å². The Morgan fingerprint density at radius 1 is 1.11 bits per heavy atom. The Balaban J connectivity index is 1.75. The van der Waals surface area contributed by atoms with E-state index in [1.807, 2.05) is 57.1 Å². The number of halogens is 1. The number of nitrogens with one attached hydrogen (secondary N) is 1. The molecule has 0 aliphatic heterocycles. The van der Waals surface area contributed by atoms with Crippen LogP contribution in [0.2, 0.25) is 0 Å². The predicted molar refractivity (Wildman–Crippen MR) is 105 cm³/mol. The van der Waals surface area contributed by atoms with Gasteiger partial charge in [0.2, 0.25) is 0 Å². The Morgan fingerprint density at radius 2 is 1.74 bits per heavy atom. The third kappa shape index (κ3) is 4.00. The average Bonchev–Trinajstić information content (AvgIpc) is 3.04. The standard InChI is InChI=1S/C21H23FN4O/c1-14(24-21(27)16-5-9-18(10-6-16)25(3)4)20-13-23-26(15(20)2)19-11-7-17(22)8-12-19/h5-14H,1-4H3,(H,24,27)/t14-/m1/s1. The molecule has 5 nitrogen and oxygen atoms in total. The molecule has 1 aromatic heterocycles. The molecule has 3 rings (SSSR count). The van der Waals surface area contributed by atoms with Crippen LogP contribution in [0.3, 0.4) is 0 Å². The number of nitrogens with zero attached hydrogens (tertiary/aromatic N) is 3. The van der Waals surface area contributed by atoms with Gasteiger partial charge in [0.1, 0.15) is 5.82 Å². The predicted octanol–water partition coefficient (Wildman–Crippen LogP) is 3.88. The zero-order valence-corrected chi connectivity index (χ0v) is 15.9. The Kier molecular flexibility index (Phi) is 5.26. The third-order valence-electron chi connectivity index (χ3n) is 4.58. The van der Waals surface area contributed by atoms with Crippen LogP contribution in [-0.2, 0) is 0 Å². The molecule has 0 fully saturated rings. The number of hydrogen-bond acceptors (Lipinski definition) is 3. The summed E-state index contributed by atoms with van der Waals surface area (Å²) in [5, 5.41) is 7.40. The molecule has 0 bridgehead atoms. The molecule has 1 amide bonds. The fraction of sp³-hybridized carbons (Fsp3) is 0.238. The second-order valence-electron chi connectivity index (χ2n) is 6.71. The molecule has 0 spiro atoms. The Hall–Kier alpha value is -3.15. The van der Waals surface area contributed by atoms with Crippen LogP contribution in [0.25, 0.3) is 5.69 Å². The number of aromatic nitrogens is 2. The van der Waals surface area contributed by atoms with Gasteiger partial charge in [-0.2, -0.15) is 5.10 Å². The highest BCUT2D eigenvalue weighted by Crippen LogP contribution is 2.21. The maximum Gasteiger partial charge on any atom is 0.251 e. The summed E-state index contributed by atoms with van der Waals surface area (Å²) < 4.78 is 14.9. The Bertz CT molecular complexity index is 930. The van der Waals surface area contributed by atoms with E-state index in [9.17, 15) is 9.18 Å². The number of benzene rings is 2. The second-order valence-corrected chi connectivity index (χ2v) is 6.71. The molecule has 0 aliphatic rings. The molecule has 0 radical (unpaired) electrons. The summed E-state index contributed by atoms with van der Waals surface area (Å²) in [6.45, 7) is 3.85. The average molecular weight is 366 g/mol. The smallest absolute Gasteiger partial charge is 0.251 e. The molecular weight excluding hydrogens is 343 g/mol. The lowest BCUT2D eigenvalue weighted by Gasteiger charge is -2.16. The summed E-state index contributed by atoms with van der Waals surface area (Å²) in [4.78, 5) is 14.5. The Morgan fingerprint density at radius 3 is 2.33 bits per heavy atom.